The fourth-order valence-corrected chi connectivity index (χ4v) is 3.85. The lowest BCUT2D eigenvalue weighted by atomic mass is 9.96. The van der Waals surface area contributed by atoms with Crippen LogP contribution in [0.3, 0.4) is 0 Å². The van der Waals surface area contributed by atoms with Gasteiger partial charge >= 0.3 is 0 Å². The maximum absolute atomic E-state index is 12.9. The van der Waals surface area contributed by atoms with E-state index in [1.54, 1.807) is 6.33 Å². The van der Waals surface area contributed by atoms with Crippen molar-refractivity contribution in [3.8, 4) is 0 Å². The highest BCUT2D eigenvalue weighted by atomic mass is 16.3. The average Bonchev–Trinajstić information content (AvgIpc) is 2.99. The number of piperidine rings is 1. The molecule has 146 valence electrons. The van der Waals surface area contributed by atoms with E-state index >= 15 is 0 Å². The summed E-state index contributed by atoms with van der Waals surface area (Å²) in [5, 5.41) is 4.04. The van der Waals surface area contributed by atoms with E-state index in [1.165, 1.54) is 11.1 Å². The van der Waals surface area contributed by atoms with Gasteiger partial charge in [-0.1, -0.05) is 6.07 Å². The molecule has 0 radical (unpaired) electrons. The lowest BCUT2D eigenvalue weighted by Crippen LogP contribution is -2.41. The van der Waals surface area contributed by atoms with Crippen LogP contribution in [-0.2, 0) is 4.79 Å². The van der Waals surface area contributed by atoms with Crippen molar-refractivity contribution in [3.63, 3.8) is 0 Å². The highest BCUT2D eigenvalue weighted by Gasteiger charge is 2.28. The molecule has 0 spiro atoms. The van der Waals surface area contributed by atoms with E-state index in [-0.39, 0.29) is 11.8 Å². The van der Waals surface area contributed by atoms with E-state index in [0.717, 1.165) is 47.6 Å². The van der Waals surface area contributed by atoms with Crippen molar-refractivity contribution in [1.29, 1.82) is 0 Å². The van der Waals surface area contributed by atoms with E-state index < -0.39 is 0 Å². The van der Waals surface area contributed by atoms with Crippen LogP contribution in [0.5, 0.6) is 0 Å². The number of nitrogens with zero attached hydrogens (tertiary/aromatic N) is 3. The highest BCUT2D eigenvalue weighted by molar-refractivity contribution is 5.94. The average molecular weight is 378 g/mol. The van der Waals surface area contributed by atoms with Gasteiger partial charge in [-0.2, -0.15) is 0 Å². The molecule has 0 unspecified atom stereocenters. The van der Waals surface area contributed by atoms with Crippen molar-refractivity contribution in [2.24, 2.45) is 5.92 Å². The van der Waals surface area contributed by atoms with Gasteiger partial charge in [0.1, 0.15) is 17.9 Å². The van der Waals surface area contributed by atoms with E-state index in [0.29, 0.717) is 12.3 Å². The Balaban J connectivity index is 1.55. The number of carbonyl (C=O) groups is 1. The minimum atomic E-state index is -0.0753. The number of aryl methyl sites for hydroxylation is 4. The summed E-state index contributed by atoms with van der Waals surface area (Å²) >= 11 is 0. The van der Waals surface area contributed by atoms with Gasteiger partial charge in [0.2, 0.25) is 11.6 Å². The fourth-order valence-electron chi connectivity index (χ4n) is 3.85. The molecule has 3 heterocycles. The zero-order chi connectivity index (χ0) is 19.8. The second-order valence-corrected chi connectivity index (χ2v) is 7.73. The lowest BCUT2D eigenvalue weighted by Gasteiger charge is -2.33. The Hall–Kier alpha value is -2.89. The Bertz CT molecular complexity index is 1040. The van der Waals surface area contributed by atoms with Crippen LogP contribution in [0.2, 0.25) is 0 Å². The van der Waals surface area contributed by atoms with Crippen molar-refractivity contribution in [1.82, 2.24) is 9.97 Å². The minimum absolute atomic E-state index is 0.0679. The number of aromatic nitrogens is 2. The molecule has 1 aliphatic heterocycles. The molecule has 1 aliphatic rings. The largest absolute Gasteiger partial charge is 0.443 e. The molecule has 1 aromatic carbocycles. The second kappa shape index (κ2) is 7.26. The SMILES string of the molecule is Cc1ccc(NC(=O)[C@H]2CCCN(c3ncnc4oc(C)c(C)c34)C2)cc1C. The number of nitrogens with one attached hydrogen (secondary N) is 1. The van der Waals surface area contributed by atoms with Crippen LogP contribution in [0.4, 0.5) is 11.5 Å². The first-order valence-electron chi connectivity index (χ1n) is 9.78. The van der Waals surface area contributed by atoms with Gasteiger partial charge in [0.25, 0.3) is 0 Å². The predicted octanol–water partition coefficient (Wildman–Crippen LogP) is 4.31. The summed E-state index contributed by atoms with van der Waals surface area (Å²) in [6, 6.07) is 6.03. The summed E-state index contributed by atoms with van der Waals surface area (Å²) < 4.78 is 5.75. The van der Waals surface area contributed by atoms with E-state index in [1.807, 2.05) is 32.0 Å². The molecular weight excluding hydrogens is 352 g/mol. The summed E-state index contributed by atoms with van der Waals surface area (Å²) in [6.07, 6.45) is 3.37. The van der Waals surface area contributed by atoms with Gasteiger partial charge in [-0.15, -0.1) is 0 Å². The van der Waals surface area contributed by atoms with Gasteiger partial charge in [0.15, 0.2) is 0 Å². The molecule has 6 heteroatoms. The van der Waals surface area contributed by atoms with E-state index in [4.69, 9.17) is 4.42 Å². The second-order valence-electron chi connectivity index (χ2n) is 7.73. The van der Waals surface area contributed by atoms with Crippen molar-refractivity contribution in [2.45, 2.75) is 40.5 Å². The summed E-state index contributed by atoms with van der Waals surface area (Å²) in [7, 11) is 0. The summed E-state index contributed by atoms with van der Waals surface area (Å²) in [5.74, 6) is 1.72. The minimum Gasteiger partial charge on any atom is -0.443 e. The number of anilines is 2. The maximum Gasteiger partial charge on any atom is 0.231 e. The van der Waals surface area contributed by atoms with Crippen molar-refractivity contribution >= 4 is 28.5 Å². The first-order chi connectivity index (χ1) is 13.4. The number of furan rings is 1. The monoisotopic (exact) mass is 378 g/mol. The van der Waals surface area contributed by atoms with Crippen molar-refractivity contribution < 1.29 is 9.21 Å². The third kappa shape index (κ3) is 3.35. The van der Waals surface area contributed by atoms with Crippen LogP contribution in [0.15, 0.2) is 28.9 Å². The Labute approximate surface area is 165 Å². The van der Waals surface area contributed by atoms with Crippen molar-refractivity contribution in [3.05, 3.63) is 47.0 Å². The molecule has 1 amide bonds. The smallest absolute Gasteiger partial charge is 0.231 e. The molecular formula is C22H26N4O2. The normalized spacial score (nSPS) is 17.1. The molecule has 6 nitrogen and oxygen atoms in total. The van der Waals surface area contributed by atoms with Crippen LogP contribution in [0.1, 0.15) is 35.3 Å². The van der Waals surface area contributed by atoms with Gasteiger partial charge in [-0.05, 0) is 63.8 Å². The van der Waals surface area contributed by atoms with E-state index in [2.05, 4.69) is 34.0 Å². The first kappa shape index (κ1) is 18.5. The molecule has 1 atom stereocenters. The number of hydrogen-bond acceptors (Lipinski definition) is 5. The van der Waals surface area contributed by atoms with Crippen LogP contribution in [0.25, 0.3) is 11.1 Å². The Morgan fingerprint density at radius 3 is 2.79 bits per heavy atom. The summed E-state index contributed by atoms with van der Waals surface area (Å²) in [5.41, 5.74) is 4.93. The molecule has 0 aliphatic carbocycles. The number of amides is 1. The first-order valence-corrected chi connectivity index (χ1v) is 9.78. The molecule has 0 bridgehead atoms. The van der Waals surface area contributed by atoms with Crippen LogP contribution in [0, 0.1) is 33.6 Å². The third-order valence-corrected chi connectivity index (χ3v) is 5.81. The van der Waals surface area contributed by atoms with Gasteiger partial charge < -0.3 is 14.6 Å². The Morgan fingerprint density at radius 1 is 1.18 bits per heavy atom. The molecule has 1 fully saturated rings. The number of hydrogen-bond donors (Lipinski definition) is 1. The van der Waals surface area contributed by atoms with Crippen molar-refractivity contribution in [2.75, 3.05) is 23.3 Å². The third-order valence-electron chi connectivity index (χ3n) is 5.81. The number of rotatable bonds is 3. The van der Waals surface area contributed by atoms with Gasteiger partial charge in [0, 0.05) is 24.3 Å². The lowest BCUT2D eigenvalue weighted by molar-refractivity contribution is -0.120. The molecule has 4 rings (SSSR count). The van der Waals surface area contributed by atoms with Crippen LogP contribution >= 0.6 is 0 Å². The molecule has 1 N–H and O–H groups in total. The van der Waals surface area contributed by atoms with Gasteiger partial charge in [0.05, 0.1) is 11.3 Å². The zero-order valence-electron chi connectivity index (χ0n) is 16.9. The number of carbonyl (C=O) groups excluding carboxylic acids is 1. The zero-order valence-corrected chi connectivity index (χ0v) is 16.9. The van der Waals surface area contributed by atoms with Gasteiger partial charge in [-0.3, -0.25) is 4.79 Å². The molecule has 1 saturated heterocycles. The van der Waals surface area contributed by atoms with Crippen LogP contribution in [-0.4, -0.2) is 29.0 Å². The standard InChI is InChI=1S/C22H26N4O2/c1-13-7-8-18(10-14(13)2)25-21(27)17-6-5-9-26(11-17)20-19-15(3)16(4)28-22(19)24-12-23-20/h7-8,10,12,17H,5-6,9,11H2,1-4H3,(H,25,27)/t17-/m0/s1. The van der Waals surface area contributed by atoms with Gasteiger partial charge in [-0.25, -0.2) is 9.97 Å². The predicted molar refractivity (Wildman–Crippen MR) is 111 cm³/mol. The molecule has 28 heavy (non-hydrogen) atoms. The number of fused-ring (bicyclic) bond motifs is 1. The van der Waals surface area contributed by atoms with E-state index in [9.17, 15) is 4.79 Å². The quantitative estimate of drug-likeness (QED) is 0.735. The Morgan fingerprint density at radius 2 is 2.00 bits per heavy atom. The highest BCUT2D eigenvalue weighted by Crippen LogP contribution is 2.32. The molecule has 3 aromatic rings. The fraction of sp³-hybridized carbons (Fsp3) is 0.409. The molecule has 2 aromatic heterocycles. The number of benzene rings is 1. The summed E-state index contributed by atoms with van der Waals surface area (Å²) in [4.78, 5) is 23.9. The maximum atomic E-state index is 12.9. The summed E-state index contributed by atoms with van der Waals surface area (Å²) in [6.45, 7) is 9.62. The Kier molecular flexibility index (Phi) is 4.79. The molecule has 0 saturated carbocycles. The van der Waals surface area contributed by atoms with Crippen LogP contribution < -0.4 is 10.2 Å². The topological polar surface area (TPSA) is 71.3 Å².